The molecule has 2 aliphatic rings. The number of hydrogen-bond acceptors (Lipinski definition) is 8. The average Bonchev–Trinajstić information content (AvgIpc) is 2.83. The summed E-state index contributed by atoms with van der Waals surface area (Å²) in [5, 5.41) is 12.6. The first-order valence-corrected chi connectivity index (χ1v) is 12.2. The fourth-order valence-electron chi connectivity index (χ4n) is 4.98. The number of anilines is 1. The van der Waals surface area contributed by atoms with Gasteiger partial charge >= 0.3 is 0 Å². The first-order chi connectivity index (χ1) is 16.3. The van der Waals surface area contributed by atoms with Crippen molar-refractivity contribution in [3.8, 4) is 11.5 Å². The van der Waals surface area contributed by atoms with Gasteiger partial charge in [-0.1, -0.05) is 27.2 Å². The van der Waals surface area contributed by atoms with Crippen molar-refractivity contribution < 1.29 is 19.4 Å². The minimum Gasteiger partial charge on any atom is -0.530 e. The molecular weight excluding hydrogens is 434 g/mol. The van der Waals surface area contributed by atoms with Crippen LogP contribution in [-0.2, 0) is 0 Å². The molecule has 2 saturated heterocycles. The zero-order chi connectivity index (χ0) is 24.3. The number of ether oxygens (including phenoxy) is 2. The van der Waals surface area contributed by atoms with E-state index in [9.17, 15) is 9.90 Å². The Labute approximate surface area is 201 Å². The monoisotopic (exact) mass is 470 g/mol. The first kappa shape index (κ1) is 24.3. The van der Waals surface area contributed by atoms with Crippen molar-refractivity contribution in [3.05, 3.63) is 18.5 Å². The van der Waals surface area contributed by atoms with Crippen LogP contribution in [0.25, 0.3) is 10.9 Å². The van der Waals surface area contributed by atoms with Crippen molar-refractivity contribution in [1.29, 1.82) is 0 Å². The molecule has 1 amide bonds. The normalized spacial score (nSPS) is 19.9. The third kappa shape index (κ3) is 5.29. The number of aromatic nitrogens is 2. The molecule has 1 aromatic heterocycles. The number of piperazine rings is 1. The fourth-order valence-corrected chi connectivity index (χ4v) is 4.98. The second kappa shape index (κ2) is 10.2. The Morgan fingerprint density at radius 1 is 1.09 bits per heavy atom. The summed E-state index contributed by atoms with van der Waals surface area (Å²) in [5.41, 5.74) is 0.530. The van der Waals surface area contributed by atoms with Gasteiger partial charge in [-0.05, 0) is 37.4 Å². The highest BCUT2D eigenvalue weighted by Crippen LogP contribution is 2.36. The van der Waals surface area contributed by atoms with Gasteiger partial charge in [0, 0.05) is 37.6 Å². The van der Waals surface area contributed by atoms with E-state index in [4.69, 9.17) is 9.47 Å². The SMILES string of the molecule is COc1cc2c(N3CCN(C(=O)[O-])C(C(C)(C)C)C3)ncnc2cc1OCCN1CCCCC1. The summed E-state index contributed by atoms with van der Waals surface area (Å²) in [6.07, 6.45) is 4.26. The average molecular weight is 471 g/mol. The fraction of sp³-hybridized carbons (Fsp3) is 0.640. The lowest BCUT2D eigenvalue weighted by atomic mass is 9.84. The Morgan fingerprint density at radius 2 is 1.85 bits per heavy atom. The van der Waals surface area contributed by atoms with Crippen LogP contribution in [-0.4, -0.2) is 84.9 Å². The number of fused-ring (bicyclic) bond motifs is 1. The van der Waals surface area contributed by atoms with Gasteiger partial charge in [0.1, 0.15) is 24.8 Å². The van der Waals surface area contributed by atoms with Gasteiger partial charge in [-0.25, -0.2) is 9.97 Å². The van der Waals surface area contributed by atoms with E-state index >= 15 is 0 Å². The number of methoxy groups -OCH3 is 1. The van der Waals surface area contributed by atoms with E-state index in [0.717, 1.165) is 36.4 Å². The minimum absolute atomic E-state index is 0.212. The Hall–Kier alpha value is -2.81. The van der Waals surface area contributed by atoms with Gasteiger partial charge in [-0.2, -0.15) is 0 Å². The maximum Gasteiger partial charge on any atom is 0.163 e. The number of hydrogen-bond donors (Lipinski definition) is 0. The number of carbonyl (C=O) groups is 1. The van der Waals surface area contributed by atoms with E-state index in [2.05, 4.69) is 19.8 Å². The molecule has 0 N–H and O–H groups in total. The number of amides is 1. The summed E-state index contributed by atoms with van der Waals surface area (Å²) < 4.78 is 11.8. The van der Waals surface area contributed by atoms with E-state index in [1.54, 1.807) is 13.4 Å². The topological polar surface area (TPSA) is 94.1 Å². The molecule has 2 aliphatic heterocycles. The lowest BCUT2D eigenvalue weighted by molar-refractivity contribution is -0.270. The Morgan fingerprint density at radius 3 is 2.53 bits per heavy atom. The van der Waals surface area contributed by atoms with Crippen molar-refractivity contribution in [1.82, 2.24) is 19.8 Å². The summed E-state index contributed by atoms with van der Waals surface area (Å²) in [6, 6.07) is 3.63. The van der Waals surface area contributed by atoms with Gasteiger partial charge in [0.2, 0.25) is 0 Å². The molecule has 9 heteroatoms. The smallest absolute Gasteiger partial charge is 0.163 e. The van der Waals surface area contributed by atoms with Crippen LogP contribution in [0.4, 0.5) is 10.6 Å². The second-order valence-electron chi connectivity index (χ2n) is 10.3. The molecule has 2 aromatic rings. The molecule has 0 saturated carbocycles. The van der Waals surface area contributed by atoms with E-state index in [1.165, 1.54) is 24.2 Å². The molecule has 0 bridgehead atoms. The zero-order valence-corrected chi connectivity index (χ0v) is 20.7. The number of carboxylic acid groups (broad SMARTS) is 1. The molecule has 1 atom stereocenters. The molecule has 34 heavy (non-hydrogen) atoms. The van der Waals surface area contributed by atoms with E-state index in [1.807, 2.05) is 32.9 Å². The third-order valence-electron chi connectivity index (χ3n) is 6.93. The first-order valence-electron chi connectivity index (χ1n) is 12.2. The standard InChI is InChI=1S/C25H37N5O4/c1-25(2,3)22-16-29(10-11-30(22)24(31)32)23-18-14-20(33-4)21(15-19(18)26-17-27-23)34-13-12-28-8-6-5-7-9-28/h14-15,17,22H,5-13,16H2,1-4H3,(H,31,32)/p-1. The minimum atomic E-state index is -1.12. The predicted octanol–water partition coefficient (Wildman–Crippen LogP) is 2.38. The lowest BCUT2D eigenvalue weighted by Crippen LogP contribution is -2.62. The number of benzene rings is 1. The third-order valence-corrected chi connectivity index (χ3v) is 6.93. The lowest BCUT2D eigenvalue weighted by Gasteiger charge is -2.48. The molecule has 186 valence electrons. The van der Waals surface area contributed by atoms with Crippen LogP contribution in [0.1, 0.15) is 40.0 Å². The Kier molecular flexibility index (Phi) is 7.30. The van der Waals surface area contributed by atoms with E-state index < -0.39 is 6.09 Å². The van der Waals surface area contributed by atoms with Gasteiger partial charge in [-0.3, -0.25) is 4.90 Å². The number of carbonyl (C=O) groups excluding carboxylic acids is 1. The molecule has 0 radical (unpaired) electrons. The summed E-state index contributed by atoms with van der Waals surface area (Å²) >= 11 is 0. The molecule has 2 fully saturated rings. The Bertz CT molecular complexity index is 1000. The predicted molar refractivity (Wildman–Crippen MR) is 129 cm³/mol. The number of piperidine rings is 1. The van der Waals surface area contributed by atoms with Crippen LogP contribution in [0.15, 0.2) is 18.5 Å². The largest absolute Gasteiger partial charge is 0.530 e. The van der Waals surface area contributed by atoms with E-state index in [-0.39, 0.29) is 11.5 Å². The van der Waals surface area contributed by atoms with Crippen LogP contribution in [0.5, 0.6) is 11.5 Å². The molecule has 1 aromatic carbocycles. The maximum atomic E-state index is 11.7. The Balaban J connectivity index is 1.56. The van der Waals surface area contributed by atoms with Crippen molar-refractivity contribution >= 4 is 22.8 Å². The zero-order valence-electron chi connectivity index (χ0n) is 20.7. The van der Waals surface area contributed by atoms with Crippen molar-refractivity contribution in [2.24, 2.45) is 5.41 Å². The van der Waals surface area contributed by atoms with Crippen molar-refractivity contribution in [2.45, 2.75) is 46.1 Å². The van der Waals surface area contributed by atoms with Crippen LogP contribution in [0.2, 0.25) is 0 Å². The highest BCUT2D eigenvalue weighted by atomic mass is 16.5. The van der Waals surface area contributed by atoms with Crippen LogP contribution in [0, 0.1) is 5.41 Å². The molecule has 3 heterocycles. The van der Waals surface area contributed by atoms with Gasteiger partial charge in [0.05, 0.1) is 18.7 Å². The van der Waals surface area contributed by atoms with Crippen LogP contribution >= 0.6 is 0 Å². The van der Waals surface area contributed by atoms with Crippen LogP contribution < -0.4 is 19.5 Å². The maximum absolute atomic E-state index is 11.7. The van der Waals surface area contributed by atoms with Crippen molar-refractivity contribution in [3.63, 3.8) is 0 Å². The van der Waals surface area contributed by atoms with E-state index in [0.29, 0.717) is 37.7 Å². The van der Waals surface area contributed by atoms with Crippen molar-refractivity contribution in [2.75, 3.05) is 57.9 Å². The summed E-state index contributed by atoms with van der Waals surface area (Å²) in [5.74, 6) is 2.09. The second-order valence-corrected chi connectivity index (χ2v) is 10.3. The van der Waals surface area contributed by atoms with Gasteiger partial charge in [0.15, 0.2) is 11.5 Å². The summed E-state index contributed by atoms with van der Waals surface area (Å²) in [7, 11) is 1.64. The van der Waals surface area contributed by atoms with Gasteiger partial charge in [0.25, 0.3) is 0 Å². The molecule has 1 unspecified atom stereocenters. The summed E-state index contributed by atoms with van der Waals surface area (Å²) in [6.45, 7) is 11.3. The van der Waals surface area contributed by atoms with Crippen LogP contribution in [0.3, 0.4) is 0 Å². The molecule has 4 rings (SSSR count). The van der Waals surface area contributed by atoms with Gasteiger partial charge < -0.3 is 29.2 Å². The molecule has 0 spiro atoms. The molecular formula is C25H36N5O4-. The highest BCUT2D eigenvalue weighted by Gasteiger charge is 2.36. The number of nitrogens with zero attached hydrogens (tertiary/aromatic N) is 5. The highest BCUT2D eigenvalue weighted by molar-refractivity contribution is 5.92. The van der Waals surface area contributed by atoms with Gasteiger partial charge in [-0.15, -0.1) is 0 Å². The number of rotatable bonds is 6. The number of likely N-dealkylation sites (tertiary alicyclic amines) is 1. The quantitative estimate of drug-likeness (QED) is 0.635. The molecule has 0 aliphatic carbocycles. The molecule has 9 nitrogen and oxygen atoms in total. The summed E-state index contributed by atoms with van der Waals surface area (Å²) in [4.78, 5) is 26.8.